The number of aliphatic hydroxyl groups is 1. The smallest absolute Gasteiger partial charge is 0.133 e. The topological polar surface area (TPSA) is 37.3 Å². The van der Waals surface area contributed by atoms with Crippen LogP contribution in [0.1, 0.15) is 40.0 Å². The summed E-state index contributed by atoms with van der Waals surface area (Å²) in [5.41, 5.74) is 0. The highest BCUT2D eigenvalue weighted by Gasteiger charge is 2.35. The molecule has 0 aromatic rings. The lowest BCUT2D eigenvalue weighted by Crippen LogP contribution is -2.35. The van der Waals surface area contributed by atoms with E-state index in [0.717, 1.165) is 19.3 Å². The Labute approximate surface area is 86.7 Å². The van der Waals surface area contributed by atoms with Crippen LogP contribution in [0.4, 0.5) is 0 Å². The quantitative estimate of drug-likeness (QED) is 0.755. The number of hydrogen-bond donors (Lipinski definition) is 1. The third-order valence-corrected chi connectivity index (χ3v) is 3.96. The Morgan fingerprint density at radius 1 is 1.36 bits per heavy atom. The average molecular weight is 198 g/mol. The van der Waals surface area contributed by atoms with E-state index in [9.17, 15) is 4.79 Å². The Bertz CT molecular complexity index is 200. The van der Waals surface area contributed by atoms with E-state index in [1.54, 1.807) is 6.92 Å². The molecule has 0 radical (unpaired) electrons. The molecule has 0 bridgehead atoms. The van der Waals surface area contributed by atoms with Crippen molar-refractivity contribution in [2.75, 3.05) is 6.61 Å². The first-order valence-electron chi connectivity index (χ1n) is 5.69. The largest absolute Gasteiger partial charge is 0.396 e. The standard InChI is InChI=1S/C12H22O2/c1-8-4-5-12(10(3)14)9(2)11(8)6-7-13/h8-9,11-13H,4-7H2,1-3H3. The van der Waals surface area contributed by atoms with E-state index in [1.165, 1.54) is 0 Å². The summed E-state index contributed by atoms with van der Waals surface area (Å²) in [5, 5.41) is 8.99. The van der Waals surface area contributed by atoms with Crippen molar-refractivity contribution in [2.45, 2.75) is 40.0 Å². The molecule has 0 aromatic heterocycles. The van der Waals surface area contributed by atoms with E-state index in [2.05, 4.69) is 13.8 Å². The SMILES string of the molecule is CC(=O)C1CCC(C)C(CCO)C1C. The van der Waals surface area contributed by atoms with Crippen LogP contribution < -0.4 is 0 Å². The number of Topliss-reactive ketones (excluding diaryl/α,β-unsaturated/α-hetero) is 1. The van der Waals surface area contributed by atoms with E-state index >= 15 is 0 Å². The molecule has 0 saturated heterocycles. The predicted octanol–water partition coefficient (Wildman–Crippen LogP) is 2.26. The van der Waals surface area contributed by atoms with Gasteiger partial charge in [-0.1, -0.05) is 13.8 Å². The molecule has 1 saturated carbocycles. The monoisotopic (exact) mass is 198 g/mol. The van der Waals surface area contributed by atoms with Crippen LogP contribution in [0.25, 0.3) is 0 Å². The molecule has 2 nitrogen and oxygen atoms in total. The molecule has 4 unspecified atom stereocenters. The summed E-state index contributed by atoms with van der Waals surface area (Å²) >= 11 is 0. The molecule has 0 aliphatic heterocycles. The Balaban J connectivity index is 2.66. The second-order valence-electron chi connectivity index (χ2n) is 4.81. The summed E-state index contributed by atoms with van der Waals surface area (Å²) in [6.07, 6.45) is 3.03. The highest BCUT2D eigenvalue weighted by atomic mass is 16.3. The van der Waals surface area contributed by atoms with Gasteiger partial charge in [-0.25, -0.2) is 0 Å². The molecule has 0 amide bonds. The van der Waals surface area contributed by atoms with E-state index in [0.29, 0.717) is 23.5 Å². The van der Waals surface area contributed by atoms with Gasteiger partial charge in [0.25, 0.3) is 0 Å². The number of aliphatic hydroxyl groups excluding tert-OH is 1. The van der Waals surface area contributed by atoms with E-state index < -0.39 is 0 Å². The molecule has 0 heterocycles. The number of hydrogen-bond acceptors (Lipinski definition) is 2. The van der Waals surface area contributed by atoms with Crippen molar-refractivity contribution < 1.29 is 9.90 Å². The third-order valence-electron chi connectivity index (χ3n) is 3.96. The van der Waals surface area contributed by atoms with Gasteiger partial charge in [-0.05, 0) is 43.9 Å². The van der Waals surface area contributed by atoms with Crippen LogP contribution in [-0.4, -0.2) is 17.5 Å². The average Bonchev–Trinajstić information content (AvgIpc) is 2.11. The molecular formula is C12H22O2. The molecule has 1 rings (SSSR count). The first-order chi connectivity index (χ1) is 6.57. The normalized spacial score (nSPS) is 38.3. The van der Waals surface area contributed by atoms with Crippen molar-refractivity contribution in [3.8, 4) is 0 Å². The Morgan fingerprint density at radius 2 is 2.00 bits per heavy atom. The Morgan fingerprint density at radius 3 is 2.50 bits per heavy atom. The summed E-state index contributed by atoms with van der Waals surface area (Å²) in [5.74, 6) is 2.20. The summed E-state index contributed by atoms with van der Waals surface area (Å²) in [6.45, 7) is 6.37. The Hall–Kier alpha value is -0.370. The minimum Gasteiger partial charge on any atom is -0.396 e. The van der Waals surface area contributed by atoms with E-state index in [-0.39, 0.29) is 12.5 Å². The number of carbonyl (C=O) groups excluding carboxylic acids is 1. The van der Waals surface area contributed by atoms with Crippen molar-refractivity contribution in [3.05, 3.63) is 0 Å². The minimum atomic E-state index is 0.239. The van der Waals surface area contributed by atoms with E-state index in [1.807, 2.05) is 0 Å². The first-order valence-corrected chi connectivity index (χ1v) is 5.69. The fourth-order valence-corrected chi connectivity index (χ4v) is 3.01. The van der Waals surface area contributed by atoms with Crippen molar-refractivity contribution >= 4 is 5.78 Å². The van der Waals surface area contributed by atoms with Gasteiger partial charge in [0.2, 0.25) is 0 Å². The van der Waals surface area contributed by atoms with Gasteiger partial charge in [0, 0.05) is 12.5 Å². The van der Waals surface area contributed by atoms with Gasteiger partial charge in [-0.15, -0.1) is 0 Å². The molecular weight excluding hydrogens is 176 g/mol. The Kier molecular flexibility index (Phi) is 4.11. The molecule has 0 spiro atoms. The van der Waals surface area contributed by atoms with Gasteiger partial charge in [0.05, 0.1) is 0 Å². The van der Waals surface area contributed by atoms with Crippen molar-refractivity contribution in [3.63, 3.8) is 0 Å². The third kappa shape index (κ3) is 2.35. The molecule has 4 atom stereocenters. The van der Waals surface area contributed by atoms with Crippen molar-refractivity contribution in [1.29, 1.82) is 0 Å². The number of carbonyl (C=O) groups is 1. The molecule has 1 fully saturated rings. The zero-order valence-electron chi connectivity index (χ0n) is 9.49. The second kappa shape index (κ2) is 4.92. The predicted molar refractivity (Wildman–Crippen MR) is 56.9 cm³/mol. The molecule has 82 valence electrons. The van der Waals surface area contributed by atoms with Crippen LogP contribution in [0, 0.1) is 23.7 Å². The molecule has 0 aromatic carbocycles. The van der Waals surface area contributed by atoms with Gasteiger partial charge in [0.1, 0.15) is 5.78 Å². The number of rotatable bonds is 3. The van der Waals surface area contributed by atoms with Crippen LogP contribution in [0.2, 0.25) is 0 Å². The van der Waals surface area contributed by atoms with Crippen LogP contribution in [-0.2, 0) is 4.79 Å². The highest BCUT2D eigenvalue weighted by molar-refractivity contribution is 5.78. The minimum absolute atomic E-state index is 0.239. The summed E-state index contributed by atoms with van der Waals surface area (Å²) < 4.78 is 0. The first kappa shape index (κ1) is 11.7. The lowest BCUT2D eigenvalue weighted by molar-refractivity contribution is -0.125. The number of ketones is 1. The van der Waals surface area contributed by atoms with Gasteiger partial charge in [0.15, 0.2) is 0 Å². The summed E-state index contributed by atoms with van der Waals surface area (Å²) in [7, 11) is 0. The van der Waals surface area contributed by atoms with Gasteiger partial charge >= 0.3 is 0 Å². The zero-order valence-corrected chi connectivity index (χ0v) is 9.49. The maximum Gasteiger partial charge on any atom is 0.133 e. The van der Waals surface area contributed by atoms with Crippen LogP contribution >= 0.6 is 0 Å². The van der Waals surface area contributed by atoms with Crippen LogP contribution in [0.3, 0.4) is 0 Å². The fraction of sp³-hybridized carbons (Fsp3) is 0.917. The fourth-order valence-electron chi connectivity index (χ4n) is 3.01. The van der Waals surface area contributed by atoms with Gasteiger partial charge < -0.3 is 5.11 Å². The second-order valence-corrected chi connectivity index (χ2v) is 4.81. The lowest BCUT2D eigenvalue weighted by atomic mass is 9.66. The summed E-state index contributed by atoms with van der Waals surface area (Å²) in [6, 6.07) is 0. The molecule has 1 N–H and O–H groups in total. The lowest BCUT2D eigenvalue weighted by Gasteiger charge is -2.39. The highest BCUT2D eigenvalue weighted by Crippen LogP contribution is 2.40. The molecule has 2 heteroatoms. The zero-order chi connectivity index (χ0) is 10.7. The maximum atomic E-state index is 11.4. The van der Waals surface area contributed by atoms with Gasteiger partial charge in [-0.2, -0.15) is 0 Å². The van der Waals surface area contributed by atoms with Crippen LogP contribution in [0.15, 0.2) is 0 Å². The molecule has 1 aliphatic rings. The van der Waals surface area contributed by atoms with Crippen molar-refractivity contribution in [1.82, 2.24) is 0 Å². The van der Waals surface area contributed by atoms with Crippen molar-refractivity contribution in [2.24, 2.45) is 23.7 Å². The van der Waals surface area contributed by atoms with E-state index in [4.69, 9.17) is 5.11 Å². The molecule has 1 aliphatic carbocycles. The summed E-state index contributed by atoms with van der Waals surface area (Å²) in [4.78, 5) is 11.4. The molecule has 14 heavy (non-hydrogen) atoms. The maximum absolute atomic E-state index is 11.4. The van der Waals surface area contributed by atoms with Gasteiger partial charge in [-0.3, -0.25) is 4.79 Å². The van der Waals surface area contributed by atoms with Crippen LogP contribution in [0.5, 0.6) is 0 Å².